The molecule has 0 unspecified atom stereocenters. The van der Waals surface area contributed by atoms with Crippen molar-refractivity contribution in [3.8, 4) is 35.3 Å². The molecule has 1 aliphatic heterocycles. The lowest BCUT2D eigenvalue weighted by molar-refractivity contribution is 0.0241. The number of rotatable bonds is 11. The summed E-state index contributed by atoms with van der Waals surface area (Å²) in [5.41, 5.74) is 1.99. The number of hydrogen-bond donors (Lipinski definition) is 1. The third kappa shape index (κ3) is 5.57. The van der Waals surface area contributed by atoms with Gasteiger partial charge >= 0.3 is 0 Å². The summed E-state index contributed by atoms with van der Waals surface area (Å²) in [4.78, 5) is 2.11. The molecule has 0 saturated heterocycles. The highest BCUT2D eigenvalue weighted by Gasteiger charge is 2.19. The predicted molar refractivity (Wildman–Crippen MR) is 112 cm³/mol. The molecule has 160 valence electrons. The van der Waals surface area contributed by atoms with E-state index in [1.54, 1.807) is 14.2 Å². The molecule has 1 N–H and O–H groups in total. The van der Waals surface area contributed by atoms with E-state index in [4.69, 9.17) is 30.1 Å². The van der Waals surface area contributed by atoms with E-state index in [0.29, 0.717) is 31.1 Å². The van der Waals surface area contributed by atoms with Gasteiger partial charge < -0.3 is 28.8 Å². The highest BCUT2D eigenvalue weighted by atomic mass is 16.7. The van der Waals surface area contributed by atoms with Crippen LogP contribution in [0.1, 0.15) is 11.1 Å². The number of para-hydroxylation sites is 1. The van der Waals surface area contributed by atoms with E-state index in [2.05, 4.69) is 10.8 Å². The van der Waals surface area contributed by atoms with E-state index in [-0.39, 0.29) is 20.0 Å². The second-order valence-corrected chi connectivity index (χ2v) is 6.88. The van der Waals surface area contributed by atoms with Gasteiger partial charge in [-0.15, -0.1) is 6.42 Å². The van der Waals surface area contributed by atoms with Gasteiger partial charge in [-0.3, -0.25) is 4.90 Å². The van der Waals surface area contributed by atoms with Crippen molar-refractivity contribution in [2.75, 3.05) is 40.8 Å². The number of fused-ring (bicyclic) bond motifs is 1. The van der Waals surface area contributed by atoms with Gasteiger partial charge in [0.25, 0.3) is 0 Å². The van der Waals surface area contributed by atoms with E-state index < -0.39 is 6.10 Å². The van der Waals surface area contributed by atoms with Crippen LogP contribution >= 0.6 is 0 Å². The van der Waals surface area contributed by atoms with Gasteiger partial charge in [0.05, 0.1) is 26.9 Å². The number of ether oxygens (including phenoxy) is 5. The first-order valence-corrected chi connectivity index (χ1v) is 9.64. The van der Waals surface area contributed by atoms with E-state index in [1.807, 2.05) is 36.4 Å². The molecule has 3 rings (SSSR count). The fourth-order valence-electron chi connectivity index (χ4n) is 3.41. The Morgan fingerprint density at radius 3 is 2.73 bits per heavy atom. The van der Waals surface area contributed by atoms with Gasteiger partial charge in [0.1, 0.15) is 6.61 Å². The molecule has 0 aromatic heterocycles. The number of hydrogen-bond acceptors (Lipinski definition) is 7. The maximum Gasteiger partial charge on any atom is 0.231 e. The topological polar surface area (TPSA) is 69.6 Å². The molecule has 0 fully saturated rings. The second kappa shape index (κ2) is 10.7. The zero-order valence-corrected chi connectivity index (χ0v) is 17.3. The molecule has 1 atom stereocenters. The van der Waals surface area contributed by atoms with Gasteiger partial charge in [-0.05, 0) is 23.8 Å². The summed E-state index contributed by atoms with van der Waals surface area (Å²) in [5, 5.41) is 10.4. The Morgan fingerprint density at radius 2 is 1.97 bits per heavy atom. The SMILES string of the molecule is C#CCOC[C@@H](O)CN(Cc1ccc2c(c1)OCO2)Cc1cccc(OC)c1OC. The Kier molecular flexibility index (Phi) is 7.80. The molecule has 0 aliphatic carbocycles. The highest BCUT2D eigenvalue weighted by Crippen LogP contribution is 2.34. The fraction of sp³-hybridized carbons (Fsp3) is 0.391. The molecule has 7 heteroatoms. The number of aliphatic hydroxyl groups excluding tert-OH is 1. The fourth-order valence-corrected chi connectivity index (χ4v) is 3.41. The largest absolute Gasteiger partial charge is 0.493 e. The average molecular weight is 413 g/mol. The third-order valence-corrected chi connectivity index (χ3v) is 4.69. The summed E-state index contributed by atoms with van der Waals surface area (Å²) in [5.74, 6) is 5.21. The van der Waals surface area contributed by atoms with Gasteiger partial charge in [0.15, 0.2) is 23.0 Å². The summed E-state index contributed by atoms with van der Waals surface area (Å²) in [6.07, 6.45) is 4.52. The second-order valence-electron chi connectivity index (χ2n) is 6.88. The zero-order chi connectivity index (χ0) is 21.3. The molecular weight excluding hydrogens is 386 g/mol. The smallest absolute Gasteiger partial charge is 0.231 e. The van der Waals surface area contributed by atoms with Gasteiger partial charge in [-0.1, -0.05) is 24.1 Å². The van der Waals surface area contributed by atoms with Crippen LogP contribution in [0.4, 0.5) is 0 Å². The Labute approximate surface area is 177 Å². The summed E-state index contributed by atoms with van der Waals surface area (Å²) in [7, 11) is 3.23. The van der Waals surface area contributed by atoms with Crippen LogP contribution in [-0.2, 0) is 17.8 Å². The van der Waals surface area contributed by atoms with Gasteiger partial charge in [0, 0.05) is 25.2 Å². The minimum absolute atomic E-state index is 0.164. The summed E-state index contributed by atoms with van der Waals surface area (Å²) < 4.78 is 27.1. The summed E-state index contributed by atoms with van der Waals surface area (Å²) in [6, 6.07) is 11.6. The summed E-state index contributed by atoms with van der Waals surface area (Å²) in [6.45, 7) is 2.08. The lowest BCUT2D eigenvalue weighted by Crippen LogP contribution is -2.34. The van der Waals surface area contributed by atoms with Crippen molar-refractivity contribution in [1.29, 1.82) is 0 Å². The minimum Gasteiger partial charge on any atom is -0.493 e. The first-order chi connectivity index (χ1) is 14.6. The first kappa shape index (κ1) is 21.8. The van der Waals surface area contributed by atoms with Gasteiger partial charge in [0.2, 0.25) is 6.79 Å². The molecule has 1 aliphatic rings. The van der Waals surface area contributed by atoms with Crippen molar-refractivity contribution in [2.24, 2.45) is 0 Å². The Balaban J connectivity index is 1.78. The number of benzene rings is 2. The number of nitrogens with zero attached hydrogens (tertiary/aromatic N) is 1. The quantitative estimate of drug-likeness (QED) is 0.448. The van der Waals surface area contributed by atoms with Gasteiger partial charge in [-0.2, -0.15) is 0 Å². The van der Waals surface area contributed by atoms with Crippen molar-refractivity contribution in [1.82, 2.24) is 4.90 Å². The molecule has 0 spiro atoms. The third-order valence-electron chi connectivity index (χ3n) is 4.69. The monoisotopic (exact) mass is 413 g/mol. The van der Waals surface area contributed by atoms with Crippen LogP contribution in [0.2, 0.25) is 0 Å². The Morgan fingerprint density at radius 1 is 1.13 bits per heavy atom. The van der Waals surface area contributed by atoms with Crippen LogP contribution < -0.4 is 18.9 Å². The van der Waals surface area contributed by atoms with Crippen LogP contribution in [-0.4, -0.2) is 56.9 Å². The van der Waals surface area contributed by atoms with Crippen LogP contribution in [0.15, 0.2) is 36.4 Å². The van der Waals surface area contributed by atoms with Crippen molar-refractivity contribution >= 4 is 0 Å². The van der Waals surface area contributed by atoms with E-state index in [9.17, 15) is 5.11 Å². The Hall–Kier alpha value is -2.92. The summed E-state index contributed by atoms with van der Waals surface area (Å²) >= 11 is 0. The molecule has 0 radical (unpaired) electrons. The predicted octanol–water partition coefficient (Wildman–Crippen LogP) is 2.45. The molecule has 1 heterocycles. The molecule has 2 aromatic carbocycles. The van der Waals surface area contributed by atoms with Crippen LogP contribution in [0.25, 0.3) is 0 Å². The van der Waals surface area contributed by atoms with Crippen LogP contribution in [0.5, 0.6) is 23.0 Å². The molecular formula is C23H27NO6. The van der Waals surface area contributed by atoms with Crippen molar-refractivity contribution in [3.05, 3.63) is 47.5 Å². The first-order valence-electron chi connectivity index (χ1n) is 9.64. The van der Waals surface area contributed by atoms with Crippen LogP contribution in [0, 0.1) is 12.3 Å². The molecule has 2 aromatic rings. The molecule has 7 nitrogen and oxygen atoms in total. The lowest BCUT2D eigenvalue weighted by Gasteiger charge is -2.26. The standard InChI is InChI=1S/C23H27NO6/c1-4-10-28-15-19(25)14-24(12-17-8-9-20-22(11-17)30-16-29-20)13-18-6-5-7-21(26-2)23(18)27-3/h1,5-9,11,19,25H,10,12-16H2,2-3H3/t19-/m0/s1. The molecule has 0 amide bonds. The maximum absolute atomic E-state index is 10.4. The van der Waals surface area contributed by atoms with Crippen LogP contribution in [0.3, 0.4) is 0 Å². The highest BCUT2D eigenvalue weighted by molar-refractivity contribution is 5.47. The van der Waals surface area contributed by atoms with E-state index >= 15 is 0 Å². The van der Waals surface area contributed by atoms with E-state index in [1.165, 1.54) is 0 Å². The zero-order valence-electron chi connectivity index (χ0n) is 17.3. The lowest BCUT2D eigenvalue weighted by atomic mass is 10.1. The molecule has 30 heavy (non-hydrogen) atoms. The van der Waals surface area contributed by atoms with Crippen molar-refractivity contribution < 1.29 is 28.8 Å². The molecule has 0 bridgehead atoms. The Bertz CT molecular complexity index is 878. The van der Waals surface area contributed by atoms with E-state index in [0.717, 1.165) is 22.6 Å². The molecule has 0 saturated carbocycles. The minimum atomic E-state index is -0.691. The normalized spacial score (nSPS) is 13.2. The van der Waals surface area contributed by atoms with Crippen molar-refractivity contribution in [2.45, 2.75) is 19.2 Å². The van der Waals surface area contributed by atoms with Crippen molar-refractivity contribution in [3.63, 3.8) is 0 Å². The number of aliphatic hydroxyl groups is 1. The van der Waals surface area contributed by atoms with Gasteiger partial charge in [-0.25, -0.2) is 0 Å². The average Bonchev–Trinajstić information content (AvgIpc) is 3.21. The number of methoxy groups -OCH3 is 2. The maximum atomic E-state index is 10.4. The number of terminal acetylenes is 1.